The number of hydrogen-bond acceptors (Lipinski definition) is 6. The van der Waals surface area contributed by atoms with Crippen LogP contribution >= 0.6 is 11.3 Å². The molecule has 0 radical (unpaired) electrons. The van der Waals surface area contributed by atoms with E-state index in [0.29, 0.717) is 12.3 Å². The molecular weight excluding hydrogens is 264 g/mol. The van der Waals surface area contributed by atoms with Crippen LogP contribution in [0.15, 0.2) is 5.38 Å². The van der Waals surface area contributed by atoms with E-state index in [0.717, 1.165) is 37.7 Å². The molecule has 6 heteroatoms. The number of esters is 1. The van der Waals surface area contributed by atoms with Gasteiger partial charge in [0, 0.05) is 18.5 Å². The fraction of sp³-hybridized carbons (Fsp3) is 0.692. The molecule has 2 heterocycles. The van der Waals surface area contributed by atoms with Crippen molar-refractivity contribution in [2.45, 2.75) is 26.4 Å². The average Bonchev–Trinajstić information content (AvgIpc) is 2.89. The summed E-state index contributed by atoms with van der Waals surface area (Å²) in [6, 6.07) is 0. The number of carbonyl (C=O) groups excluding carboxylic acids is 1. The van der Waals surface area contributed by atoms with Gasteiger partial charge >= 0.3 is 5.97 Å². The van der Waals surface area contributed by atoms with Gasteiger partial charge in [0.15, 0.2) is 5.69 Å². The molecule has 1 unspecified atom stereocenters. The van der Waals surface area contributed by atoms with Gasteiger partial charge in [-0.05, 0) is 19.9 Å². The van der Waals surface area contributed by atoms with Gasteiger partial charge in [0.05, 0.1) is 13.2 Å². The highest BCUT2D eigenvalue weighted by molar-refractivity contribution is 7.09. The monoisotopic (exact) mass is 284 g/mol. The van der Waals surface area contributed by atoms with Gasteiger partial charge in [-0.15, -0.1) is 11.3 Å². The highest BCUT2D eigenvalue weighted by Crippen LogP contribution is 2.25. The van der Waals surface area contributed by atoms with E-state index in [4.69, 9.17) is 9.47 Å². The minimum atomic E-state index is -0.355. The van der Waals surface area contributed by atoms with Gasteiger partial charge in [-0.2, -0.15) is 0 Å². The van der Waals surface area contributed by atoms with Crippen LogP contribution in [-0.4, -0.2) is 48.7 Å². The van der Waals surface area contributed by atoms with Gasteiger partial charge in [0.25, 0.3) is 0 Å². The molecule has 2 rings (SSSR count). The second kappa shape index (κ2) is 6.98. The topological polar surface area (TPSA) is 51.7 Å². The van der Waals surface area contributed by atoms with Crippen molar-refractivity contribution in [3.63, 3.8) is 0 Å². The lowest BCUT2D eigenvalue weighted by molar-refractivity contribution is -0.0300. The number of ether oxygens (including phenoxy) is 2. The van der Waals surface area contributed by atoms with E-state index >= 15 is 0 Å². The number of aromatic nitrogens is 1. The van der Waals surface area contributed by atoms with Gasteiger partial charge in [0.1, 0.15) is 11.1 Å². The van der Waals surface area contributed by atoms with E-state index in [1.807, 2.05) is 0 Å². The van der Waals surface area contributed by atoms with E-state index in [-0.39, 0.29) is 12.1 Å². The molecule has 19 heavy (non-hydrogen) atoms. The molecule has 0 amide bonds. The van der Waals surface area contributed by atoms with Crippen molar-refractivity contribution in [2.24, 2.45) is 0 Å². The zero-order chi connectivity index (χ0) is 13.7. The molecule has 1 aliphatic heterocycles. The lowest BCUT2D eigenvalue weighted by Gasteiger charge is -2.31. The molecule has 1 saturated heterocycles. The average molecular weight is 284 g/mol. The second-order valence-electron chi connectivity index (χ2n) is 4.45. The number of morpholine rings is 1. The lowest BCUT2D eigenvalue weighted by atomic mass is 10.2. The highest BCUT2D eigenvalue weighted by atomic mass is 32.1. The fourth-order valence-electron chi connectivity index (χ4n) is 2.11. The number of hydrogen-bond donors (Lipinski definition) is 0. The third-order valence-corrected chi connectivity index (χ3v) is 3.91. The van der Waals surface area contributed by atoms with Crippen LogP contribution in [0.2, 0.25) is 0 Å². The molecule has 5 nitrogen and oxygen atoms in total. The van der Waals surface area contributed by atoms with E-state index in [1.54, 1.807) is 12.3 Å². The van der Waals surface area contributed by atoms with E-state index in [1.165, 1.54) is 11.3 Å². The minimum absolute atomic E-state index is 0.0199. The van der Waals surface area contributed by atoms with Crippen molar-refractivity contribution in [1.82, 2.24) is 9.88 Å². The van der Waals surface area contributed by atoms with Gasteiger partial charge in [-0.25, -0.2) is 9.78 Å². The molecule has 106 valence electrons. The molecule has 0 N–H and O–H groups in total. The maximum Gasteiger partial charge on any atom is 0.357 e. The van der Waals surface area contributed by atoms with Crippen molar-refractivity contribution in [2.75, 3.05) is 32.8 Å². The van der Waals surface area contributed by atoms with Crippen LogP contribution in [0.5, 0.6) is 0 Å². The van der Waals surface area contributed by atoms with E-state index < -0.39 is 0 Å². The van der Waals surface area contributed by atoms with Crippen LogP contribution in [0.1, 0.15) is 41.9 Å². The predicted octanol–water partition coefficient (Wildman–Crippen LogP) is 2.10. The number of carbonyl (C=O) groups is 1. The van der Waals surface area contributed by atoms with Gasteiger partial charge in [-0.1, -0.05) is 6.92 Å². The standard InChI is InChI=1S/C13H20N2O3S/c1-3-5-15-6-7-18-11(8-15)12-14-10(9-19-12)13(16)17-4-2/h9,11H,3-8H2,1-2H3. The Hall–Kier alpha value is -0.980. The molecule has 0 aromatic carbocycles. The first kappa shape index (κ1) is 14.4. The molecule has 0 bridgehead atoms. The molecular formula is C13H20N2O3S. The number of thiazole rings is 1. The third-order valence-electron chi connectivity index (χ3n) is 2.97. The van der Waals surface area contributed by atoms with E-state index in [2.05, 4.69) is 16.8 Å². The smallest absolute Gasteiger partial charge is 0.357 e. The highest BCUT2D eigenvalue weighted by Gasteiger charge is 2.25. The summed E-state index contributed by atoms with van der Waals surface area (Å²) in [5.74, 6) is -0.355. The largest absolute Gasteiger partial charge is 0.461 e. The van der Waals surface area contributed by atoms with E-state index in [9.17, 15) is 4.79 Å². The van der Waals surface area contributed by atoms with Crippen molar-refractivity contribution in [3.05, 3.63) is 16.1 Å². The Bertz CT molecular complexity index is 420. The lowest BCUT2D eigenvalue weighted by Crippen LogP contribution is -2.38. The zero-order valence-corrected chi connectivity index (χ0v) is 12.2. The summed E-state index contributed by atoms with van der Waals surface area (Å²) in [7, 11) is 0. The summed E-state index contributed by atoms with van der Waals surface area (Å²) in [6.07, 6.45) is 1.12. The van der Waals surface area contributed by atoms with Crippen LogP contribution < -0.4 is 0 Å². The van der Waals surface area contributed by atoms with Crippen LogP contribution in [0.3, 0.4) is 0 Å². The first-order valence-electron chi connectivity index (χ1n) is 6.71. The number of rotatable bonds is 5. The molecule has 1 aromatic rings. The summed E-state index contributed by atoms with van der Waals surface area (Å²) < 4.78 is 10.7. The van der Waals surface area contributed by atoms with Crippen molar-refractivity contribution in [3.8, 4) is 0 Å². The first-order chi connectivity index (χ1) is 9.24. The van der Waals surface area contributed by atoms with Crippen molar-refractivity contribution in [1.29, 1.82) is 0 Å². The Labute approximate surface area is 117 Å². The van der Waals surface area contributed by atoms with Crippen molar-refractivity contribution < 1.29 is 14.3 Å². The number of nitrogens with zero attached hydrogens (tertiary/aromatic N) is 2. The summed E-state index contributed by atoms with van der Waals surface area (Å²) in [6.45, 7) is 7.96. The molecule has 0 spiro atoms. The maximum atomic E-state index is 11.6. The van der Waals surface area contributed by atoms with Gasteiger partial charge in [0.2, 0.25) is 0 Å². The fourth-order valence-corrected chi connectivity index (χ4v) is 2.93. The normalized spacial score (nSPS) is 20.4. The third kappa shape index (κ3) is 3.75. The van der Waals surface area contributed by atoms with Crippen molar-refractivity contribution >= 4 is 17.3 Å². The quantitative estimate of drug-likeness (QED) is 0.775. The summed E-state index contributed by atoms with van der Waals surface area (Å²) >= 11 is 1.47. The Morgan fingerprint density at radius 2 is 2.47 bits per heavy atom. The van der Waals surface area contributed by atoms with Crippen LogP contribution in [0, 0.1) is 0 Å². The predicted molar refractivity (Wildman–Crippen MR) is 73.5 cm³/mol. The summed E-state index contributed by atoms with van der Waals surface area (Å²) in [5.41, 5.74) is 0.387. The molecule has 0 aliphatic carbocycles. The zero-order valence-electron chi connectivity index (χ0n) is 11.4. The molecule has 0 saturated carbocycles. The Balaban J connectivity index is 1.99. The van der Waals surface area contributed by atoms with Gasteiger partial charge < -0.3 is 9.47 Å². The Morgan fingerprint density at radius 3 is 3.21 bits per heavy atom. The molecule has 1 atom stereocenters. The van der Waals surface area contributed by atoms with Crippen LogP contribution in [-0.2, 0) is 9.47 Å². The minimum Gasteiger partial charge on any atom is -0.461 e. The van der Waals surface area contributed by atoms with Crippen LogP contribution in [0.4, 0.5) is 0 Å². The maximum absolute atomic E-state index is 11.6. The van der Waals surface area contributed by atoms with Crippen LogP contribution in [0.25, 0.3) is 0 Å². The Morgan fingerprint density at radius 1 is 1.63 bits per heavy atom. The summed E-state index contributed by atoms with van der Waals surface area (Å²) in [4.78, 5) is 18.3. The van der Waals surface area contributed by atoms with Gasteiger partial charge in [-0.3, -0.25) is 4.90 Å². The second-order valence-corrected chi connectivity index (χ2v) is 5.34. The Kier molecular flexibility index (Phi) is 5.30. The first-order valence-corrected chi connectivity index (χ1v) is 7.59. The molecule has 1 aromatic heterocycles. The molecule has 1 fully saturated rings. The SMILES string of the molecule is CCCN1CCOC(c2nc(C(=O)OCC)cs2)C1. The summed E-state index contributed by atoms with van der Waals surface area (Å²) in [5, 5.41) is 2.61. The molecule has 1 aliphatic rings.